The summed E-state index contributed by atoms with van der Waals surface area (Å²) in [7, 11) is 0. The van der Waals surface area contributed by atoms with Gasteiger partial charge in [0, 0.05) is 0 Å². The third-order valence-electron chi connectivity index (χ3n) is 0.812. The van der Waals surface area contributed by atoms with E-state index in [1.165, 1.54) is 6.26 Å². The summed E-state index contributed by atoms with van der Waals surface area (Å²) < 4.78 is 4.67. The maximum Gasteiger partial charge on any atom is 0.248 e. The fourth-order valence-electron chi connectivity index (χ4n) is 0.425. The number of hydrogen-bond acceptors (Lipinski definition) is 3. The van der Waals surface area contributed by atoms with Crippen molar-refractivity contribution in [2.45, 2.75) is 6.10 Å². The molecular weight excluding hydrogens is 124 g/mol. The van der Waals surface area contributed by atoms with Gasteiger partial charge in [-0.05, 0) is 6.08 Å². The van der Waals surface area contributed by atoms with Crippen molar-refractivity contribution in [3.8, 4) is 0 Å². The lowest BCUT2D eigenvalue weighted by Gasteiger charge is -1.96. The van der Waals surface area contributed by atoms with Crippen LogP contribution in [0, 0.1) is 0 Å². The van der Waals surface area contributed by atoms with E-state index >= 15 is 0 Å². The molecule has 0 N–H and O–H groups in total. The van der Waals surface area contributed by atoms with Crippen LogP contribution in [-0.4, -0.2) is 17.3 Å². The zero-order valence-electron chi connectivity index (χ0n) is 3.96. The van der Waals surface area contributed by atoms with Gasteiger partial charge in [0.05, 0.1) is 11.1 Å². The summed E-state index contributed by atoms with van der Waals surface area (Å²) in [5, 5.41) is 0. The highest BCUT2D eigenvalue weighted by molar-refractivity contribution is 7.81. The molecule has 1 radical (unpaired) electrons. The molecular formula is C5H3O2S. The second kappa shape index (κ2) is 2.05. The van der Waals surface area contributed by atoms with Gasteiger partial charge < -0.3 is 4.74 Å². The number of rotatable bonds is 1. The van der Waals surface area contributed by atoms with Gasteiger partial charge in [-0.25, -0.2) is 0 Å². The Kier molecular flexibility index (Phi) is 1.39. The molecule has 0 amide bonds. The topological polar surface area (TPSA) is 26.3 Å². The Labute approximate surface area is 52.1 Å². The van der Waals surface area contributed by atoms with Gasteiger partial charge in [0.2, 0.25) is 6.29 Å². The van der Waals surface area contributed by atoms with Crippen molar-refractivity contribution in [1.29, 1.82) is 0 Å². The Morgan fingerprint density at radius 3 is 2.88 bits per heavy atom. The number of ether oxygens (including phenoxy) is 1. The fourth-order valence-corrected chi connectivity index (χ4v) is 0.584. The van der Waals surface area contributed by atoms with Crippen LogP contribution < -0.4 is 0 Å². The molecule has 1 rings (SSSR count). The van der Waals surface area contributed by atoms with E-state index in [0.29, 0.717) is 4.86 Å². The molecule has 41 valence electrons. The van der Waals surface area contributed by atoms with Crippen LogP contribution in [0.3, 0.4) is 0 Å². The van der Waals surface area contributed by atoms with E-state index in [1.807, 2.05) is 0 Å². The summed E-state index contributed by atoms with van der Waals surface area (Å²) in [5.41, 5.74) is 0. The average molecular weight is 127 g/mol. The molecule has 0 aromatic rings. The minimum absolute atomic E-state index is 0.500. The minimum Gasteiger partial charge on any atom is -0.484 e. The normalized spacial score (nSPS) is 25.5. The molecule has 0 saturated heterocycles. The first kappa shape index (κ1) is 5.44. The highest BCUT2D eigenvalue weighted by Gasteiger charge is 2.16. The van der Waals surface area contributed by atoms with E-state index in [4.69, 9.17) is 0 Å². The second-order valence-corrected chi connectivity index (χ2v) is 1.81. The standard InChI is InChI=1S/C5H3O2S/c6-3-4-5(8)1-2-7-4/h1-2,4H. The number of carbonyl (C=O) groups excluding carboxylic acids is 1. The fraction of sp³-hybridized carbons (Fsp3) is 0.200. The predicted molar refractivity (Wildman–Crippen MR) is 32.3 cm³/mol. The van der Waals surface area contributed by atoms with Crippen LogP contribution in [-0.2, 0) is 9.53 Å². The van der Waals surface area contributed by atoms with E-state index in [2.05, 4.69) is 17.0 Å². The van der Waals surface area contributed by atoms with Crippen LogP contribution in [0.2, 0.25) is 0 Å². The largest absolute Gasteiger partial charge is 0.484 e. The first-order chi connectivity index (χ1) is 3.84. The molecule has 1 heterocycles. The summed E-state index contributed by atoms with van der Waals surface area (Å²) in [4.78, 5) is 10.3. The Morgan fingerprint density at radius 2 is 2.62 bits per heavy atom. The number of hydrogen-bond donors (Lipinski definition) is 0. The van der Waals surface area contributed by atoms with E-state index < -0.39 is 6.10 Å². The van der Waals surface area contributed by atoms with Gasteiger partial charge in [0.15, 0.2) is 6.10 Å². The molecule has 0 aromatic carbocycles. The first-order valence-corrected chi connectivity index (χ1v) is 2.49. The van der Waals surface area contributed by atoms with Gasteiger partial charge in [-0.2, -0.15) is 0 Å². The molecule has 0 aliphatic carbocycles. The van der Waals surface area contributed by atoms with Crippen molar-refractivity contribution in [1.82, 2.24) is 0 Å². The first-order valence-electron chi connectivity index (χ1n) is 2.08. The smallest absolute Gasteiger partial charge is 0.248 e. The van der Waals surface area contributed by atoms with Gasteiger partial charge in [0.25, 0.3) is 0 Å². The van der Waals surface area contributed by atoms with E-state index in [9.17, 15) is 4.79 Å². The van der Waals surface area contributed by atoms with Crippen LogP contribution >= 0.6 is 12.2 Å². The molecule has 1 atom stereocenters. The van der Waals surface area contributed by atoms with E-state index in [0.717, 1.165) is 0 Å². The summed E-state index contributed by atoms with van der Waals surface area (Å²) in [6, 6.07) is 0. The molecule has 0 bridgehead atoms. The molecule has 0 saturated carbocycles. The van der Waals surface area contributed by atoms with Crippen LogP contribution in [0.1, 0.15) is 0 Å². The van der Waals surface area contributed by atoms with E-state index in [1.54, 1.807) is 12.4 Å². The quantitative estimate of drug-likeness (QED) is 0.476. The predicted octanol–water partition coefficient (Wildman–Crippen LogP) is 0.378. The highest BCUT2D eigenvalue weighted by Crippen LogP contribution is 2.03. The van der Waals surface area contributed by atoms with Crippen LogP contribution in [0.4, 0.5) is 0 Å². The number of thiocarbonyl (C=S) groups is 1. The molecule has 0 aromatic heterocycles. The molecule has 3 heteroatoms. The van der Waals surface area contributed by atoms with Crippen molar-refractivity contribution in [3.05, 3.63) is 12.3 Å². The lowest BCUT2D eigenvalue weighted by molar-refractivity contribution is 0.266. The maximum absolute atomic E-state index is 9.84. The third-order valence-corrected chi connectivity index (χ3v) is 1.16. The molecule has 0 spiro atoms. The Balaban J connectivity index is 2.63. The Morgan fingerprint density at radius 1 is 1.88 bits per heavy atom. The monoisotopic (exact) mass is 127 g/mol. The molecule has 8 heavy (non-hydrogen) atoms. The minimum atomic E-state index is -0.620. The average Bonchev–Trinajstić information content (AvgIpc) is 2.14. The van der Waals surface area contributed by atoms with Crippen molar-refractivity contribution in [2.75, 3.05) is 0 Å². The van der Waals surface area contributed by atoms with Crippen LogP contribution in [0.15, 0.2) is 12.3 Å². The Bertz CT molecular complexity index is 151. The summed E-state index contributed by atoms with van der Waals surface area (Å²) in [5.74, 6) is 0. The zero-order chi connectivity index (χ0) is 5.98. The van der Waals surface area contributed by atoms with Gasteiger partial charge >= 0.3 is 0 Å². The summed E-state index contributed by atoms with van der Waals surface area (Å²) >= 11 is 4.67. The molecule has 2 nitrogen and oxygen atoms in total. The van der Waals surface area contributed by atoms with Crippen molar-refractivity contribution >= 4 is 23.4 Å². The SMILES string of the molecule is O=[C]C1OC=CC1=S. The summed E-state index contributed by atoms with van der Waals surface area (Å²) in [6.45, 7) is 0. The molecule has 1 aliphatic heterocycles. The molecule has 1 aliphatic rings. The second-order valence-electron chi connectivity index (χ2n) is 1.34. The van der Waals surface area contributed by atoms with E-state index in [-0.39, 0.29) is 0 Å². The van der Waals surface area contributed by atoms with Gasteiger partial charge in [0.1, 0.15) is 0 Å². The van der Waals surface area contributed by atoms with Crippen molar-refractivity contribution < 1.29 is 9.53 Å². The van der Waals surface area contributed by atoms with Gasteiger partial charge in [-0.1, -0.05) is 12.2 Å². The lowest BCUT2D eigenvalue weighted by Crippen LogP contribution is -2.14. The highest BCUT2D eigenvalue weighted by atomic mass is 32.1. The zero-order valence-corrected chi connectivity index (χ0v) is 4.77. The summed E-state index contributed by atoms with van der Waals surface area (Å²) in [6.07, 6.45) is 3.99. The van der Waals surface area contributed by atoms with Crippen LogP contribution in [0.5, 0.6) is 0 Å². The van der Waals surface area contributed by atoms with Crippen molar-refractivity contribution in [2.24, 2.45) is 0 Å². The van der Waals surface area contributed by atoms with Gasteiger partial charge in [-0.3, -0.25) is 4.79 Å². The molecule has 0 fully saturated rings. The maximum atomic E-state index is 9.84. The third kappa shape index (κ3) is 0.767. The van der Waals surface area contributed by atoms with Crippen LogP contribution in [0.25, 0.3) is 0 Å². The lowest BCUT2D eigenvalue weighted by atomic mass is 10.3. The molecule has 1 unspecified atom stereocenters. The van der Waals surface area contributed by atoms with Crippen molar-refractivity contribution in [3.63, 3.8) is 0 Å². The van der Waals surface area contributed by atoms with Gasteiger partial charge in [-0.15, -0.1) is 0 Å². The Hall–Kier alpha value is -0.700.